The van der Waals surface area contributed by atoms with Crippen LogP contribution in [0, 0.1) is 5.92 Å². The van der Waals surface area contributed by atoms with Crippen molar-refractivity contribution < 1.29 is 18.0 Å². The largest absolute Gasteiger partial charge is 0.417 e. The maximum absolute atomic E-state index is 12.7. The molecule has 0 heterocycles. The number of hydrogen-bond donors (Lipinski definition) is 2. The van der Waals surface area contributed by atoms with Gasteiger partial charge in [0.05, 0.1) is 16.5 Å². The maximum Gasteiger partial charge on any atom is 0.417 e. The number of anilines is 1. The molecule has 2 rings (SSSR count). The summed E-state index contributed by atoms with van der Waals surface area (Å²) >= 11 is 5.51. The Kier molecular flexibility index (Phi) is 5.90. The van der Waals surface area contributed by atoms with Gasteiger partial charge in [-0.1, -0.05) is 18.0 Å². The number of amides is 1. The molecule has 0 radical (unpaired) electrons. The predicted octanol–water partition coefficient (Wildman–Crippen LogP) is 3.85. The van der Waals surface area contributed by atoms with Crippen LogP contribution in [0.3, 0.4) is 0 Å². The molecule has 0 bridgehead atoms. The van der Waals surface area contributed by atoms with Crippen LogP contribution in [0.25, 0.3) is 0 Å². The molecule has 3 nitrogen and oxygen atoms in total. The standard InChI is InChI=1S/C13H14ClF3N2O.ClH/c14-10-5-4-7(6-9(10)13(15,16)17)19-12(20)8-2-1-3-11(8)18;/h4-6,8,11H,1-3,18H2,(H,19,20);1H. The first-order chi connectivity index (χ1) is 9.29. The molecule has 1 fully saturated rings. The van der Waals surface area contributed by atoms with Crippen molar-refractivity contribution in [1.29, 1.82) is 0 Å². The molecule has 0 spiro atoms. The highest BCUT2D eigenvalue weighted by Gasteiger charge is 2.34. The minimum atomic E-state index is -4.55. The zero-order valence-corrected chi connectivity index (χ0v) is 12.5. The van der Waals surface area contributed by atoms with Crippen LogP contribution in [0.1, 0.15) is 24.8 Å². The summed E-state index contributed by atoms with van der Waals surface area (Å²) in [7, 11) is 0. The van der Waals surface area contributed by atoms with E-state index in [1.807, 2.05) is 0 Å². The Balaban J connectivity index is 0.00000220. The van der Waals surface area contributed by atoms with E-state index in [9.17, 15) is 18.0 Å². The molecule has 0 aromatic heterocycles. The number of hydrogen-bond acceptors (Lipinski definition) is 2. The third kappa shape index (κ3) is 4.25. The van der Waals surface area contributed by atoms with Crippen LogP contribution >= 0.6 is 24.0 Å². The summed E-state index contributed by atoms with van der Waals surface area (Å²) in [6.45, 7) is 0. The maximum atomic E-state index is 12.7. The fourth-order valence-electron chi connectivity index (χ4n) is 2.37. The van der Waals surface area contributed by atoms with Gasteiger partial charge in [-0.2, -0.15) is 13.2 Å². The Morgan fingerprint density at radius 2 is 2.00 bits per heavy atom. The minimum absolute atomic E-state index is 0. The van der Waals surface area contributed by atoms with Crippen molar-refractivity contribution in [2.45, 2.75) is 31.5 Å². The lowest BCUT2D eigenvalue weighted by molar-refractivity contribution is -0.137. The molecule has 1 aliphatic carbocycles. The second kappa shape index (κ2) is 6.85. The van der Waals surface area contributed by atoms with Crippen molar-refractivity contribution in [2.24, 2.45) is 11.7 Å². The molecule has 3 N–H and O–H groups in total. The SMILES string of the molecule is Cl.NC1CCCC1C(=O)Nc1ccc(Cl)c(C(F)(F)F)c1. The highest BCUT2D eigenvalue weighted by atomic mass is 35.5. The number of alkyl halides is 3. The molecule has 2 atom stereocenters. The first-order valence-electron chi connectivity index (χ1n) is 6.22. The second-order valence-electron chi connectivity index (χ2n) is 4.88. The van der Waals surface area contributed by atoms with Crippen molar-refractivity contribution in [2.75, 3.05) is 5.32 Å². The van der Waals surface area contributed by atoms with Gasteiger partial charge in [0.25, 0.3) is 0 Å². The molecular weight excluding hydrogens is 328 g/mol. The highest BCUT2D eigenvalue weighted by Crippen LogP contribution is 2.36. The summed E-state index contributed by atoms with van der Waals surface area (Å²) in [6.07, 6.45) is -2.28. The fraction of sp³-hybridized carbons (Fsp3) is 0.462. The third-order valence-corrected chi connectivity index (χ3v) is 3.78. The van der Waals surface area contributed by atoms with Crippen molar-refractivity contribution in [3.63, 3.8) is 0 Å². The first-order valence-corrected chi connectivity index (χ1v) is 6.60. The van der Waals surface area contributed by atoms with E-state index < -0.39 is 16.8 Å². The zero-order chi connectivity index (χ0) is 14.9. The molecule has 1 aliphatic rings. The number of rotatable bonds is 2. The molecule has 0 aliphatic heterocycles. The molecule has 1 amide bonds. The Hall–Kier alpha value is -0.980. The van der Waals surface area contributed by atoms with Crippen LogP contribution < -0.4 is 11.1 Å². The van der Waals surface area contributed by atoms with Crippen molar-refractivity contribution in [1.82, 2.24) is 0 Å². The summed E-state index contributed by atoms with van der Waals surface area (Å²) in [5.41, 5.74) is 4.90. The minimum Gasteiger partial charge on any atom is -0.327 e. The lowest BCUT2D eigenvalue weighted by atomic mass is 10.0. The molecule has 1 aromatic rings. The average Bonchev–Trinajstić information content (AvgIpc) is 2.76. The Bertz CT molecular complexity index is 523. The second-order valence-corrected chi connectivity index (χ2v) is 5.29. The van der Waals surface area contributed by atoms with E-state index in [0.29, 0.717) is 6.42 Å². The number of carbonyl (C=O) groups is 1. The Labute approximate surface area is 131 Å². The monoisotopic (exact) mass is 342 g/mol. The number of nitrogens with two attached hydrogens (primary N) is 1. The smallest absolute Gasteiger partial charge is 0.327 e. The lowest BCUT2D eigenvalue weighted by Gasteiger charge is -2.16. The molecule has 1 aromatic carbocycles. The van der Waals surface area contributed by atoms with Crippen LogP contribution in [0.2, 0.25) is 5.02 Å². The van der Waals surface area contributed by atoms with E-state index in [2.05, 4.69) is 5.32 Å². The highest BCUT2D eigenvalue weighted by molar-refractivity contribution is 6.31. The number of halogens is 5. The molecule has 21 heavy (non-hydrogen) atoms. The molecule has 8 heteroatoms. The van der Waals surface area contributed by atoms with E-state index >= 15 is 0 Å². The van der Waals surface area contributed by atoms with Crippen LogP contribution in [0.4, 0.5) is 18.9 Å². The van der Waals surface area contributed by atoms with Crippen LogP contribution in [0.15, 0.2) is 18.2 Å². The van der Waals surface area contributed by atoms with Gasteiger partial charge < -0.3 is 11.1 Å². The molecule has 0 saturated heterocycles. The van der Waals surface area contributed by atoms with E-state index in [0.717, 1.165) is 25.0 Å². The van der Waals surface area contributed by atoms with Crippen molar-refractivity contribution in [3.8, 4) is 0 Å². The Morgan fingerprint density at radius 1 is 1.33 bits per heavy atom. The summed E-state index contributed by atoms with van der Waals surface area (Å²) in [6, 6.07) is 3.06. The van der Waals surface area contributed by atoms with Gasteiger partial charge in [0, 0.05) is 11.7 Å². The normalized spacial score (nSPS) is 21.8. The molecule has 1 saturated carbocycles. The van der Waals surface area contributed by atoms with Crippen LogP contribution in [0.5, 0.6) is 0 Å². The lowest BCUT2D eigenvalue weighted by Crippen LogP contribution is -2.34. The summed E-state index contributed by atoms with van der Waals surface area (Å²) in [4.78, 5) is 12.0. The number of nitrogens with one attached hydrogen (secondary N) is 1. The van der Waals surface area contributed by atoms with Crippen molar-refractivity contribution in [3.05, 3.63) is 28.8 Å². The summed E-state index contributed by atoms with van der Waals surface area (Å²) in [5.74, 6) is -0.689. The number of benzene rings is 1. The van der Waals surface area contributed by atoms with Gasteiger partial charge in [-0.15, -0.1) is 12.4 Å². The van der Waals surface area contributed by atoms with Gasteiger partial charge >= 0.3 is 6.18 Å². The van der Waals surface area contributed by atoms with E-state index in [4.69, 9.17) is 17.3 Å². The van der Waals surface area contributed by atoms with E-state index in [1.54, 1.807) is 0 Å². The van der Waals surface area contributed by atoms with Gasteiger partial charge in [-0.05, 0) is 31.0 Å². The van der Waals surface area contributed by atoms with Crippen molar-refractivity contribution >= 4 is 35.6 Å². The zero-order valence-electron chi connectivity index (χ0n) is 10.9. The number of carbonyl (C=O) groups excluding carboxylic acids is 1. The third-order valence-electron chi connectivity index (χ3n) is 3.45. The van der Waals surface area contributed by atoms with Gasteiger partial charge in [0.15, 0.2) is 0 Å². The Morgan fingerprint density at radius 3 is 2.52 bits per heavy atom. The van der Waals surface area contributed by atoms with Crippen LogP contribution in [-0.4, -0.2) is 11.9 Å². The summed E-state index contributed by atoms with van der Waals surface area (Å²) in [5, 5.41) is 2.08. The fourth-order valence-corrected chi connectivity index (χ4v) is 2.59. The van der Waals surface area contributed by atoms with Gasteiger partial charge in [0.1, 0.15) is 0 Å². The van der Waals surface area contributed by atoms with Gasteiger partial charge in [-0.3, -0.25) is 4.79 Å². The quantitative estimate of drug-likeness (QED) is 0.857. The molecule has 2 unspecified atom stereocenters. The summed E-state index contributed by atoms with van der Waals surface area (Å²) < 4.78 is 38.1. The van der Waals surface area contributed by atoms with Crippen LogP contribution in [-0.2, 0) is 11.0 Å². The predicted molar refractivity (Wildman–Crippen MR) is 77.6 cm³/mol. The van der Waals surface area contributed by atoms with Gasteiger partial charge in [0.2, 0.25) is 5.91 Å². The first kappa shape index (κ1) is 18.1. The molecule has 118 valence electrons. The van der Waals surface area contributed by atoms with E-state index in [-0.39, 0.29) is 36.0 Å². The molecular formula is C13H15Cl2F3N2O. The average molecular weight is 343 g/mol. The van der Waals surface area contributed by atoms with E-state index in [1.165, 1.54) is 6.07 Å². The van der Waals surface area contributed by atoms with Gasteiger partial charge in [-0.25, -0.2) is 0 Å². The topological polar surface area (TPSA) is 55.1 Å².